The molecule has 120 valence electrons. The highest BCUT2D eigenvalue weighted by molar-refractivity contribution is 6.36. The first-order valence-electron chi connectivity index (χ1n) is 7.11. The van der Waals surface area contributed by atoms with Crippen LogP contribution >= 0.6 is 23.2 Å². The molecule has 0 bridgehead atoms. The van der Waals surface area contributed by atoms with Gasteiger partial charge in [-0.05, 0) is 38.1 Å². The summed E-state index contributed by atoms with van der Waals surface area (Å²) in [5.74, 6) is -0.205. The smallest absolute Gasteiger partial charge is 0.193 e. The van der Waals surface area contributed by atoms with Gasteiger partial charge in [-0.2, -0.15) is 0 Å². The maximum Gasteiger partial charge on any atom is 0.193 e. The molecule has 5 nitrogen and oxygen atoms in total. The molecule has 0 aliphatic carbocycles. The number of benzene rings is 2. The zero-order valence-electron chi connectivity index (χ0n) is 12.7. The van der Waals surface area contributed by atoms with Crippen LogP contribution in [0.25, 0.3) is 21.9 Å². The first kappa shape index (κ1) is 15.2. The Kier molecular flexibility index (Phi) is 3.37. The molecule has 2 aromatic heterocycles. The summed E-state index contributed by atoms with van der Waals surface area (Å²) in [5, 5.41) is 9.84. The predicted molar refractivity (Wildman–Crippen MR) is 90.9 cm³/mol. The Morgan fingerprint density at radius 1 is 0.833 bits per heavy atom. The molecule has 7 heteroatoms. The van der Waals surface area contributed by atoms with Crippen LogP contribution in [0.15, 0.2) is 33.3 Å². The minimum Gasteiger partial charge on any atom is -0.354 e. The molecule has 0 atom stereocenters. The van der Waals surface area contributed by atoms with Crippen molar-refractivity contribution in [1.82, 2.24) is 10.3 Å². The number of hydrogen-bond acceptors (Lipinski definition) is 5. The number of carbonyl (C=O) groups is 1. The predicted octanol–water partition coefficient (Wildman–Crippen LogP) is 5.12. The number of rotatable bonds is 2. The van der Waals surface area contributed by atoms with Crippen LogP contribution in [0, 0.1) is 13.8 Å². The minimum absolute atomic E-state index is 0.205. The highest BCUT2D eigenvalue weighted by Crippen LogP contribution is 2.31. The molecule has 0 radical (unpaired) electrons. The molecular formula is C17H10Cl2N2O3. The average Bonchev–Trinajstić information content (AvgIpc) is 3.11. The van der Waals surface area contributed by atoms with Crippen molar-refractivity contribution in [3.05, 3.63) is 56.8 Å². The molecule has 0 spiro atoms. The Hall–Kier alpha value is -2.37. The van der Waals surface area contributed by atoms with Crippen molar-refractivity contribution < 1.29 is 13.8 Å². The summed E-state index contributed by atoms with van der Waals surface area (Å²) in [6.07, 6.45) is 0. The van der Waals surface area contributed by atoms with Crippen LogP contribution in [0.4, 0.5) is 0 Å². The number of aromatic nitrogens is 2. The Bertz CT molecular complexity index is 1040. The molecule has 4 rings (SSSR count). The van der Waals surface area contributed by atoms with Crippen molar-refractivity contribution in [3.8, 4) is 0 Å². The number of aryl methyl sites for hydroxylation is 2. The highest BCUT2D eigenvalue weighted by atomic mass is 35.5. The summed E-state index contributed by atoms with van der Waals surface area (Å²) in [5.41, 5.74) is 3.14. The SMILES string of the molecule is Cc1noc2c(Cl)cc(C(=O)c3cc(Cl)c4onc(C)c4c3)cc12. The van der Waals surface area contributed by atoms with E-state index in [0.29, 0.717) is 54.5 Å². The van der Waals surface area contributed by atoms with Gasteiger partial charge in [0, 0.05) is 21.9 Å². The summed E-state index contributed by atoms with van der Waals surface area (Å²) in [6, 6.07) is 6.56. The van der Waals surface area contributed by atoms with Gasteiger partial charge in [-0.15, -0.1) is 0 Å². The molecule has 2 aromatic carbocycles. The summed E-state index contributed by atoms with van der Waals surface area (Å²) >= 11 is 12.4. The lowest BCUT2D eigenvalue weighted by Crippen LogP contribution is -2.01. The number of nitrogens with zero attached hydrogens (tertiary/aromatic N) is 2. The van der Waals surface area contributed by atoms with Crippen molar-refractivity contribution >= 4 is 50.9 Å². The van der Waals surface area contributed by atoms with E-state index in [1.54, 1.807) is 38.1 Å². The summed E-state index contributed by atoms with van der Waals surface area (Å²) < 4.78 is 10.3. The maximum atomic E-state index is 12.9. The first-order valence-corrected chi connectivity index (χ1v) is 7.87. The van der Waals surface area contributed by atoms with Gasteiger partial charge < -0.3 is 9.05 Å². The quantitative estimate of drug-likeness (QED) is 0.463. The van der Waals surface area contributed by atoms with Gasteiger partial charge in [0.25, 0.3) is 0 Å². The van der Waals surface area contributed by atoms with Crippen molar-refractivity contribution in [1.29, 1.82) is 0 Å². The number of hydrogen-bond donors (Lipinski definition) is 0. The van der Waals surface area contributed by atoms with E-state index in [9.17, 15) is 4.79 Å². The summed E-state index contributed by atoms with van der Waals surface area (Å²) in [6.45, 7) is 3.58. The van der Waals surface area contributed by atoms with Gasteiger partial charge in [-0.25, -0.2) is 0 Å². The molecule has 0 N–H and O–H groups in total. The van der Waals surface area contributed by atoms with Gasteiger partial charge in [0.1, 0.15) is 0 Å². The lowest BCUT2D eigenvalue weighted by atomic mass is 10.00. The van der Waals surface area contributed by atoms with E-state index >= 15 is 0 Å². The van der Waals surface area contributed by atoms with Crippen LogP contribution in [-0.2, 0) is 0 Å². The van der Waals surface area contributed by atoms with Gasteiger partial charge in [0.2, 0.25) is 0 Å². The summed E-state index contributed by atoms with van der Waals surface area (Å²) in [4.78, 5) is 12.9. The Morgan fingerprint density at radius 3 is 1.67 bits per heavy atom. The van der Waals surface area contributed by atoms with E-state index in [0.717, 1.165) is 0 Å². The molecule has 0 fully saturated rings. The molecular weight excluding hydrogens is 351 g/mol. The zero-order valence-corrected chi connectivity index (χ0v) is 14.2. The van der Waals surface area contributed by atoms with Crippen LogP contribution in [0.5, 0.6) is 0 Å². The van der Waals surface area contributed by atoms with Crippen LogP contribution in [0.2, 0.25) is 10.0 Å². The fourth-order valence-corrected chi connectivity index (χ4v) is 3.17. The van der Waals surface area contributed by atoms with E-state index in [1.807, 2.05) is 0 Å². The average molecular weight is 361 g/mol. The minimum atomic E-state index is -0.205. The third-order valence-corrected chi connectivity index (χ3v) is 4.50. The van der Waals surface area contributed by atoms with Gasteiger partial charge >= 0.3 is 0 Å². The maximum absolute atomic E-state index is 12.9. The van der Waals surface area contributed by atoms with Gasteiger partial charge in [0.05, 0.1) is 21.4 Å². The Labute approximate surface area is 146 Å². The van der Waals surface area contributed by atoms with E-state index in [4.69, 9.17) is 32.2 Å². The molecule has 0 unspecified atom stereocenters. The number of carbonyl (C=O) groups excluding carboxylic acids is 1. The van der Waals surface area contributed by atoms with Gasteiger partial charge in [-0.3, -0.25) is 4.79 Å². The fraction of sp³-hybridized carbons (Fsp3) is 0.118. The van der Waals surface area contributed by atoms with E-state index in [1.165, 1.54) is 0 Å². The van der Waals surface area contributed by atoms with Crippen LogP contribution in [0.1, 0.15) is 27.3 Å². The molecule has 0 amide bonds. The van der Waals surface area contributed by atoms with Crippen molar-refractivity contribution in [2.24, 2.45) is 0 Å². The number of fused-ring (bicyclic) bond motifs is 2. The Balaban J connectivity index is 1.89. The lowest BCUT2D eigenvalue weighted by molar-refractivity contribution is 0.103. The second-order valence-corrected chi connectivity index (χ2v) is 6.35. The number of halogens is 2. The molecule has 0 saturated heterocycles. The molecule has 4 aromatic rings. The topological polar surface area (TPSA) is 69.1 Å². The zero-order chi connectivity index (χ0) is 17.0. The van der Waals surface area contributed by atoms with Gasteiger partial charge in [-0.1, -0.05) is 33.5 Å². The second kappa shape index (κ2) is 5.33. The first-order chi connectivity index (χ1) is 11.5. The molecule has 24 heavy (non-hydrogen) atoms. The van der Waals surface area contributed by atoms with Crippen molar-refractivity contribution in [3.63, 3.8) is 0 Å². The summed E-state index contributed by atoms with van der Waals surface area (Å²) in [7, 11) is 0. The number of ketones is 1. The van der Waals surface area contributed by atoms with E-state index in [-0.39, 0.29) is 5.78 Å². The lowest BCUT2D eigenvalue weighted by Gasteiger charge is -2.04. The third kappa shape index (κ3) is 2.20. The fourth-order valence-electron chi connectivity index (χ4n) is 2.67. The normalized spacial score (nSPS) is 11.5. The molecule has 2 heterocycles. The Morgan fingerprint density at radius 2 is 1.25 bits per heavy atom. The molecule has 0 aliphatic heterocycles. The van der Waals surface area contributed by atoms with Crippen molar-refractivity contribution in [2.75, 3.05) is 0 Å². The third-order valence-electron chi connectivity index (χ3n) is 3.94. The highest BCUT2D eigenvalue weighted by Gasteiger charge is 2.18. The monoisotopic (exact) mass is 360 g/mol. The van der Waals surface area contributed by atoms with E-state index in [2.05, 4.69) is 10.3 Å². The van der Waals surface area contributed by atoms with Crippen molar-refractivity contribution in [2.45, 2.75) is 13.8 Å². The van der Waals surface area contributed by atoms with Crippen LogP contribution < -0.4 is 0 Å². The molecule has 0 saturated carbocycles. The van der Waals surface area contributed by atoms with E-state index < -0.39 is 0 Å². The standard InChI is InChI=1S/C17H10Cl2N2O3/c1-7-11-3-9(5-13(18)16(11)23-20-7)15(22)10-4-12-8(2)21-24-17(12)14(19)6-10/h3-6H,1-2H3. The molecule has 0 aliphatic rings. The van der Waals surface area contributed by atoms with Crippen LogP contribution in [0.3, 0.4) is 0 Å². The van der Waals surface area contributed by atoms with Gasteiger partial charge in [0.15, 0.2) is 16.9 Å². The van der Waals surface area contributed by atoms with Crippen LogP contribution in [-0.4, -0.2) is 16.1 Å². The second-order valence-electron chi connectivity index (χ2n) is 5.53. The largest absolute Gasteiger partial charge is 0.354 e.